The maximum atomic E-state index is 13.1. The van der Waals surface area contributed by atoms with Crippen LogP contribution in [0.15, 0.2) is 42.5 Å². The van der Waals surface area contributed by atoms with Gasteiger partial charge in [0.05, 0.1) is 7.11 Å². The predicted molar refractivity (Wildman–Crippen MR) is 126 cm³/mol. The quantitative estimate of drug-likeness (QED) is 0.638. The summed E-state index contributed by atoms with van der Waals surface area (Å²) in [6.07, 6.45) is 5.94. The number of nitrogens with two attached hydrogens (primary N) is 1. The summed E-state index contributed by atoms with van der Waals surface area (Å²) in [5, 5.41) is 3.50. The van der Waals surface area contributed by atoms with Gasteiger partial charge in [-0.15, -0.1) is 0 Å². The van der Waals surface area contributed by atoms with Crippen molar-refractivity contribution in [2.45, 2.75) is 57.2 Å². The molecule has 2 atom stereocenters. The third-order valence-electron chi connectivity index (χ3n) is 6.39. The molecule has 32 heavy (non-hydrogen) atoms. The second-order valence-electron chi connectivity index (χ2n) is 8.74. The molecule has 0 aliphatic heterocycles. The number of rotatable bonds is 7. The molecule has 0 heterocycles. The minimum Gasteiger partial charge on any atom is -0.497 e. The molecule has 0 radical (unpaired) electrons. The highest BCUT2D eigenvalue weighted by molar-refractivity contribution is 6.31. The number of hydrogen-bond donors (Lipinski definition) is 2. The lowest BCUT2D eigenvalue weighted by Gasteiger charge is -2.39. The maximum absolute atomic E-state index is 13.1. The normalized spacial score (nSPS) is 20.5. The third kappa shape index (κ3) is 5.25. The predicted octanol–water partition coefficient (Wildman–Crippen LogP) is 4.61. The zero-order chi connectivity index (χ0) is 22.7. The molecule has 3 N–H and O–H groups in total. The smallest absolute Gasteiger partial charge is 0.255 e. The minimum atomic E-state index is -0.221. The molecule has 170 valence electrons. The van der Waals surface area contributed by atoms with Gasteiger partial charge < -0.3 is 20.7 Å². The molecule has 2 aromatic rings. The van der Waals surface area contributed by atoms with E-state index in [1.165, 1.54) is 0 Å². The molecule has 2 fully saturated rings. The van der Waals surface area contributed by atoms with Crippen LogP contribution in [0.2, 0.25) is 5.02 Å². The van der Waals surface area contributed by atoms with Crippen LogP contribution in [0, 0.1) is 5.92 Å². The number of anilines is 1. The van der Waals surface area contributed by atoms with Gasteiger partial charge in [-0.2, -0.15) is 0 Å². The summed E-state index contributed by atoms with van der Waals surface area (Å²) in [5.41, 5.74) is 8.39. The van der Waals surface area contributed by atoms with E-state index in [1.807, 2.05) is 11.0 Å². The summed E-state index contributed by atoms with van der Waals surface area (Å²) in [6, 6.07) is 12.3. The highest BCUT2D eigenvalue weighted by Crippen LogP contribution is 2.35. The zero-order valence-corrected chi connectivity index (χ0v) is 19.1. The molecule has 2 aliphatic rings. The Labute approximate surface area is 194 Å². The summed E-state index contributed by atoms with van der Waals surface area (Å²) in [5.74, 6) is 0.759. The number of carbonyl (C=O) groups is 2. The van der Waals surface area contributed by atoms with Crippen molar-refractivity contribution in [3.63, 3.8) is 0 Å². The van der Waals surface area contributed by atoms with Gasteiger partial charge >= 0.3 is 0 Å². The van der Waals surface area contributed by atoms with Gasteiger partial charge in [-0.1, -0.05) is 24.4 Å². The van der Waals surface area contributed by atoms with Crippen LogP contribution in [0.3, 0.4) is 0 Å². The summed E-state index contributed by atoms with van der Waals surface area (Å²) < 4.78 is 5.14. The van der Waals surface area contributed by atoms with E-state index in [0.717, 1.165) is 44.1 Å². The fourth-order valence-electron chi connectivity index (χ4n) is 4.35. The fraction of sp³-hybridized carbons (Fsp3) is 0.440. The number of nitrogens with one attached hydrogen (secondary N) is 1. The molecule has 2 unspecified atom stereocenters. The lowest BCUT2D eigenvalue weighted by molar-refractivity contribution is -0.136. The van der Waals surface area contributed by atoms with Crippen LogP contribution in [-0.4, -0.2) is 35.9 Å². The molecule has 2 aromatic carbocycles. The highest BCUT2D eigenvalue weighted by Gasteiger charge is 2.39. The molecule has 2 saturated carbocycles. The lowest BCUT2D eigenvalue weighted by Crippen LogP contribution is -2.52. The Morgan fingerprint density at radius 1 is 1.09 bits per heavy atom. The largest absolute Gasteiger partial charge is 0.497 e. The molecule has 7 heteroatoms. The topological polar surface area (TPSA) is 84.7 Å². The number of methoxy groups -OCH3 is 1. The molecular formula is C25H30ClN3O3. The number of carbonyl (C=O) groups excluding carboxylic acids is 2. The Kier molecular flexibility index (Phi) is 7.01. The van der Waals surface area contributed by atoms with Crippen molar-refractivity contribution in [3.05, 3.63) is 58.6 Å². The molecular weight excluding hydrogens is 426 g/mol. The summed E-state index contributed by atoms with van der Waals surface area (Å²) >= 11 is 6.51. The van der Waals surface area contributed by atoms with Crippen LogP contribution >= 0.6 is 11.6 Å². The first kappa shape index (κ1) is 22.6. The number of ether oxygens (including phenoxy) is 1. The molecule has 4 rings (SSSR count). The van der Waals surface area contributed by atoms with E-state index in [1.54, 1.807) is 43.5 Å². The van der Waals surface area contributed by atoms with Crippen LogP contribution in [-0.2, 0) is 11.3 Å². The summed E-state index contributed by atoms with van der Waals surface area (Å²) in [4.78, 5) is 27.7. The molecule has 0 spiro atoms. The van der Waals surface area contributed by atoms with E-state index >= 15 is 0 Å². The van der Waals surface area contributed by atoms with Crippen LogP contribution in [0.4, 0.5) is 5.69 Å². The average Bonchev–Trinajstić information content (AvgIpc) is 3.65. The Hall–Kier alpha value is -2.57. The van der Waals surface area contributed by atoms with Crippen LogP contribution in [0.5, 0.6) is 5.75 Å². The Morgan fingerprint density at radius 2 is 1.81 bits per heavy atom. The monoisotopic (exact) mass is 455 g/mol. The van der Waals surface area contributed by atoms with Crippen molar-refractivity contribution in [1.29, 1.82) is 0 Å². The van der Waals surface area contributed by atoms with Crippen molar-refractivity contribution in [2.75, 3.05) is 12.4 Å². The molecule has 2 aliphatic carbocycles. The van der Waals surface area contributed by atoms with Crippen molar-refractivity contribution in [1.82, 2.24) is 4.90 Å². The average molecular weight is 456 g/mol. The Balaban J connectivity index is 1.52. The first-order chi connectivity index (χ1) is 15.5. The van der Waals surface area contributed by atoms with Crippen LogP contribution in [0.25, 0.3) is 0 Å². The zero-order valence-electron chi connectivity index (χ0n) is 18.4. The van der Waals surface area contributed by atoms with Crippen molar-refractivity contribution in [3.8, 4) is 5.75 Å². The molecule has 2 amide bonds. The van der Waals surface area contributed by atoms with Gasteiger partial charge in [-0.3, -0.25) is 9.59 Å². The maximum Gasteiger partial charge on any atom is 0.255 e. The first-order valence-corrected chi connectivity index (χ1v) is 11.6. The van der Waals surface area contributed by atoms with Gasteiger partial charge in [-0.25, -0.2) is 0 Å². The molecule has 0 saturated heterocycles. The Bertz CT molecular complexity index is 975. The van der Waals surface area contributed by atoms with E-state index in [-0.39, 0.29) is 29.8 Å². The van der Waals surface area contributed by atoms with Gasteiger partial charge in [0.1, 0.15) is 5.75 Å². The van der Waals surface area contributed by atoms with Crippen molar-refractivity contribution >= 4 is 29.1 Å². The van der Waals surface area contributed by atoms with Gasteiger partial charge in [0.25, 0.3) is 5.91 Å². The SMILES string of the molecule is COc1ccc(C(=O)Nc2ccc(Cl)c(CN(C(=O)C3CC3)C3CCCCC3N)c2)cc1. The number of halogens is 1. The summed E-state index contributed by atoms with van der Waals surface area (Å²) in [6.45, 7) is 0.402. The lowest BCUT2D eigenvalue weighted by atomic mass is 9.89. The minimum absolute atomic E-state index is 0.0109. The van der Waals surface area contributed by atoms with Gasteiger partial charge in [-0.05, 0) is 73.7 Å². The Morgan fingerprint density at radius 3 is 2.47 bits per heavy atom. The van der Waals surface area contributed by atoms with Gasteiger partial charge in [0.2, 0.25) is 5.91 Å². The third-order valence-corrected chi connectivity index (χ3v) is 6.76. The van der Waals surface area contributed by atoms with Gasteiger partial charge in [0, 0.05) is 40.8 Å². The van der Waals surface area contributed by atoms with Crippen molar-refractivity contribution < 1.29 is 14.3 Å². The molecule has 6 nitrogen and oxygen atoms in total. The van der Waals surface area contributed by atoms with Crippen molar-refractivity contribution in [2.24, 2.45) is 11.7 Å². The second-order valence-corrected chi connectivity index (χ2v) is 9.15. The molecule has 0 aromatic heterocycles. The van der Waals surface area contributed by atoms with E-state index in [0.29, 0.717) is 28.6 Å². The fourth-order valence-corrected chi connectivity index (χ4v) is 4.53. The summed E-state index contributed by atoms with van der Waals surface area (Å²) in [7, 11) is 1.59. The number of amides is 2. The first-order valence-electron chi connectivity index (χ1n) is 11.3. The molecule has 0 bridgehead atoms. The standard InChI is InChI=1S/C25H30ClN3O3/c1-32-20-11-8-16(9-12-20)24(30)28-19-10-13-21(26)18(14-19)15-29(25(31)17-6-7-17)23-5-3-2-4-22(23)27/h8-14,17,22-23H,2-7,15,27H2,1H3,(H,28,30). The number of benzene rings is 2. The number of nitrogens with zero attached hydrogens (tertiary/aromatic N) is 1. The van der Waals surface area contributed by atoms with E-state index in [2.05, 4.69) is 5.32 Å². The highest BCUT2D eigenvalue weighted by atomic mass is 35.5. The number of hydrogen-bond acceptors (Lipinski definition) is 4. The van der Waals surface area contributed by atoms with Crippen LogP contribution in [0.1, 0.15) is 54.4 Å². The van der Waals surface area contributed by atoms with Crippen LogP contribution < -0.4 is 15.8 Å². The van der Waals surface area contributed by atoms with E-state index < -0.39 is 0 Å². The second kappa shape index (κ2) is 9.92. The van der Waals surface area contributed by atoms with E-state index in [9.17, 15) is 9.59 Å². The van der Waals surface area contributed by atoms with E-state index in [4.69, 9.17) is 22.1 Å². The van der Waals surface area contributed by atoms with Gasteiger partial charge in [0.15, 0.2) is 0 Å².